The van der Waals surface area contributed by atoms with Gasteiger partial charge in [-0.15, -0.1) is 0 Å². The average molecular weight is 416 g/mol. The second-order valence-corrected chi connectivity index (χ2v) is 7.50. The van der Waals surface area contributed by atoms with E-state index in [1.165, 1.54) is 27.8 Å². The number of hydrogen-bond donors (Lipinski definition) is 3. The average Bonchev–Trinajstić information content (AvgIpc) is 2.94. The highest BCUT2D eigenvalue weighted by atomic mass is 19.1. The fraction of sp³-hybridized carbons (Fsp3) is 0.440. The quantitative estimate of drug-likeness (QED) is 0.485. The highest BCUT2D eigenvalue weighted by Crippen LogP contribution is 2.32. The minimum absolute atomic E-state index is 0.168. The molecule has 3 rings (SSSR count). The normalized spacial score (nSPS) is 16.5. The summed E-state index contributed by atoms with van der Waals surface area (Å²) in [6, 6.07) is 13.6. The number of aryl methyl sites for hydroxylation is 2. The van der Waals surface area contributed by atoms with Crippen LogP contribution in [0.1, 0.15) is 49.3 Å². The van der Waals surface area contributed by atoms with Crippen LogP contribution in [0.25, 0.3) is 0 Å². The Kier molecular flexibility index (Phi) is 10.0. The molecule has 0 spiro atoms. The number of allylic oxidation sites excluding steroid dienone is 1. The number of hydrogen-bond acceptors (Lipinski definition) is 4. The van der Waals surface area contributed by atoms with Crippen LogP contribution in [0.15, 0.2) is 53.6 Å². The van der Waals surface area contributed by atoms with Crippen molar-refractivity contribution in [3.05, 3.63) is 76.1 Å². The standard InChI is InChI=1S/C24H30FNO.CH4O2/c1-4-19-15-18(6-12-24(19)27-3)5-7-21-16-26-14-13-23(17(21)2)20-8-10-22(25)11-9-20;2-1-3/h6,8-12,15,23,26H,4-5,7,13-14,16H2,1-3H3;2-3H,1H2. The molecule has 164 valence electrons. The number of ether oxygens (including phenoxy) is 1. The van der Waals surface area contributed by atoms with Crippen molar-refractivity contribution in [3.63, 3.8) is 0 Å². The Balaban J connectivity index is 0.00000101. The molecule has 1 heterocycles. The fourth-order valence-corrected chi connectivity index (χ4v) is 4.04. The molecular weight excluding hydrogens is 381 g/mol. The first-order valence-electron chi connectivity index (χ1n) is 10.6. The summed E-state index contributed by atoms with van der Waals surface area (Å²) in [5, 5.41) is 17.8. The van der Waals surface area contributed by atoms with Crippen LogP contribution in [0.2, 0.25) is 0 Å². The van der Waals surface area contributed by atoms with Crippen molar-refractivity contribution in [2.75, 3.05) is 27.0 Å². The molecule has 0 bridgehead atoms. The number of nitrogens with one attached hydrogen (secondary N) is 1. The molecule has 0 aliphatic carbocycles. The van der Waals surface area contributed by atoms with Crippen molar-refractivity contribution in [1.29, 1.82) is 0 Å². The monoisotopic (exact) mass is 415 g/mol. The van der Waals surface area contributed by atoms with Gasteiger partial charge in [-0.25, -0.2) is 4.39 Å². The predicted molar refractivity (Wildman–Crippen MR) is 119 cm³/mol. The van der Waals surface area contributed by atoms with Crippen LogP contribution in [0.4, 0.5) is 4.39 Å². The SMILES string of the molecule is CCc1cc(CCC2=C(C)C(c3ccc(F)cc3)CCNC2)ccc1OC.OCO. The van der Waals surface area contributed by atoms with Gasteiger partial charge in [-0.2, -0.15) is 0 Å². The number of aliphatic hydroxyl groups is 2. The largest absolute Gasteiger partial charge is 0.496 e. The molecule has 0 amide bonds. The second-order valence-electron chi connectivity index (χ2n) is 7.50. The van der Waals surface area contributed by atoms with Gasteiger partial charge >= 0.3 is 0 Å². The zero-order chi connectivity index (χ0) is 21.9. The van der Waals surface area contributed by atoms with Crippen molar-refractivity contribution in [2.24, 2.45) is 0 Å². The van der Waals surface area contributed by atoms with Gasteiger partial charge < -0.3 is 20.3 Å². The van der Waals surface area contributed by atoms with Gasteiger partial charge in [-0.3, -0.25) is 0 Å². The molecule has 5 heteroatoms. The maximum Gasteiger partial charge on any atom is 0.140 e. The summed E-state index contributed by atoms with van der Waals surface area (Å²) in [6.07, 6.45) is 4.11. The third kappa shape index (κ3) is 6.66. The molecule has 0 aromatic heterocycles. The molecule has 0 radical (unpaired) electrons. The van der Waals surface area contributed by atoms with E-state index in [4.69, 9.17) is 14.9 Å². The Hall–Kier alpha value is -2.21. The Morgan fingerprint density at radius 1 is 1.10 bits per heavy atom. The Bertz CT molecular complexity index is 818. The molecule has 3 N–H and O–H groups in total. The molecular formula is C25H34FNO3. The third-order valence-electron chi connectivity index (χ3n) is 5.74. The number of halogens is 1. The van der Waals surface area contributed by atoms with E-state index in [1.54, 1.807) is 19.2 Å². The van der Waals surface area contributed by atoms with E-state index in [9.17, 15) is 4.39 Å². The van der Waals surface area contributed by atoms with E-state index in [0.717, 1.165) is 44.5 Å². The fourth-order valence-electron chi connectivity index (χ4n) is 4.04. The van der Waals surface area contributed by atoms with E-state index in [0.29, 0.717) is 5.92 Å². The van der Waals surface area contributed by atoms with E-state index in [2.05, 4.69) is 37.4 Å². The van der Waals surface area contributed by atoms with Gasteiger partial charge in [0.2, 0.25) is 0 Å². The molecule has 2 aromatic carbocycles. The van der Waals surface area contributed by atoms with Crippen molar-refractivity contribution < 1.29 is 19.3 Å². The van der Waals surface area contributed by atoms with Crippen LogP contribution in [0.3, 0.4) is 0 Å². The molecule has 2 aromatic rings. The van der Waals surface area contributed by atoms with E-state index in [-0.39, 0.29) is 5.82 Å². The zero-order valence-electron chi connectivity index (χ0n) is 18.2. The van der Waals surface area contributed by atoms with Gasteiger partial charge in [-0.1, -0.05) is 42.3 Å². The first-order chi connectivity index (χ1) is 14.5. The highest BCUT2D eigenvalue weighted by molar-refractivity contribution is 5.38. The van der Waals surface area contributed by atoms with Crippen LogP contribution >= 0.6 is 0 Å². The first kappa shape index (κ1) is 24.1. The Morgan fingerprint density at radius 2 is 1.80 bits per heavy atom. The van der Waals surface area contributed by atoms with Gasteiger partial charge in [0.1, 0.15) is 18.4 Å². The van der Waals surface area contributed by atoms with Crippen LogP contribution in [0, 0.1) is 5.82 Å². The van der Waals surface area contributed by atoms with Gasteiger partial charge in [0.25, 0.3) is 0 Å². The summed E-state index contributed by atoms with van der Waals surface area (Å²) >= 11 is 0. The lowest BCUT2D eigenvalue weighted by Gasteiger charge is -2.19. The van der Waals surface area contributed by atoms with E-state index in [1.807, 2.05) is 12.1 Å². The zero-order valence-corrected chi connectivity index (χ0v) is 18.2. The first-order valence-corrected chi connectivity index (χ1v) is 10.6. The summed E-state index contributed by atoms with van der Waals surface area (Å²) in [6.45, 7) is 5.60. The molecule has 30 heavy (non-hydrogen) atoms. The van der Waals surface area contributed by atoms with E-state index < -0.39 is 6.79 Å². The van der Waals surface area contributed by atoms with Gasteiger partial charge in [0, 0.05) is 12.5 Å². The molecule has 0 fully saturated rings. The van der Waals surface area contributed by atoms with Gasteiger partial charge in [0.05, 0.1) is 7.11 Å². The number of aliphatic hydroxyl groups excluding tert-OH is 1. The Labute approximate surface area is 179 Å². The summed E-state index contributed by atoms with van der Waals surface area (Å²) in [7, 11) is 1.73. The molecule has 0 saturated carbocycles. The van der Waals surface area contributed by atoms with Crippen molar-refractivity contribution >= 4 is 0 Å². The lowest BCUT2D eigenvalue weighted by Crippen LogP contribution is -2.16. The lowest BCUT2D eigenvalue weighted by atomic mass is 9.86. The van der Waals surface area contributed by atoms with Crippen molar-refractivity contribution in [2.45, 2.75) is 45.4 Å². The van der Waals surface area contributed by atoms with E-state index >= 15 is 0 Å². The van der Waals surface area contributed by atoms with Gasteiger partial charge in [0.15, 0.2) is 0 Å². The van der Waals surface area contributed by atoms with Crippen LogP contribution in [-0.2, 0) is 12.8 Å². The smallest absolute Gasteiger partial charge is 0.140 e. The summed E-state index contributed by atoms with van der Waals surface area (Å²) in [5.41, 5.74) is 6.76. The van der Waals surface area contributed by atoms with Crippen molar-refractivity contribution in [1.82, 2.24) is 5.32 Å². The minimum atomic E-state index is -0.750. The molecule has 0 saturated heterocycles. The van der Waals surface area contributed by atoms with Gasteiger partial charge in [-0.05, 0) is 74.0 Å². The molecule has 1 unspecified atom stereocenters. The summed E-state index contributed by atoms with van der Waals surface area (Å²) in [4.78, 5) is 0. The van der Waals surface area contributed by atoms with Crippen molar-refractivity contribution in [3.8, 4) is 5.75 Å². The predicted octanol–water partition coefficient (Wildman–Crippen LogP) is 4.35. The highest BCUT2D eigenvalue weighted by Gasteiger charge is 2.20. The lowest BCUT2D eigenvalue weighted by molar-refractivity contribution is 0.0773. The summed E-state index contributed by atoms with van der Waals surface area (Å²) < 4.78 is 18.7. The topological polar surface area (TPSA) is 61.7 Å². The van der Waals surface area contributed by atoms with Crippen LogP contribution < -0.4 is 10.1 Å². The Morgan fingerprint density at radius 3 is 2.43 bits per heavy atom. The molecule has 4 nitrogen and oxygen atoms in total. The summed E-state index contributed by atoms with van der Waals surface area (Å²) in [5.74, 6) is 1.18. The maximum absolute atomic E-state index is 13.3. The second kappa shape index (κ2) is 12.5. The molecule has 1 aliphatic heterocycles. The maximum atomic E-state index is 13.3. The number of benzene rings is 2. The number of rotatable bonds is 6. The number of methoxy groups -OCH3 is 1. The third-order valence-corrected chi connectivity index (χ3v) is 5.74. The van der Waals surface area contributed by atoms with Crippen LogP contribution in [0.5, 0.6) is 5.75 Å². The molecule has 1 atom stereocenters. The van der Waals surface area contributed by atoms with Crippen LogP contribution in [-0.4, -0.2) is 37.2 Å². The molecule has 1 aliphatic rings. The minimum Gasteiger partial charge on any atom is -0.496 e.